The van der Waals surface area contributed by atoms with Crippen molar-refractivity contribution in [2.75, 3.05) is 26.3 Å². The SMILES string of the molecule is CC(C)c1csc([C@H]2CCCN(C(=O)c3coc(C4CCOCC4)n3)C2)n1. The summed E-state index contributed by atoms with van der Waals surface area (Å²) >= 11 is 1.72. The maximum atomic E-state index is 12.9. The quantitative estimate of drug-likeness (QED) is 0.785. The molecule has 1 amide bonds. The third kappa shape index (κ3) is 4.09. The summed E-state index contributed by atoms with van der Waals surface area (Å²) in [6.45, 7) is 7.28. The minimum Gasteiger partial charge on any atom is -0.448 e. The van der Waals surface area contributed by atoms with Crippen molar-refractivity contribution in [2.45, 2.75) is 57.3 Å². The van der Waals surface area contributed by atoms with Crippen LogP contribution in [0.1, 0.15) is 84.4 Å². The molecule has 2 aromatic heterocycles. The lowest BCUT2D eigenvalue weighted by molar-refractivity contribution is 0.0700. The maximum Gasteiger partial charge on any atom is 0.275 e. The van der Waals surface area contributed by atoms with Gasteiger partial charge in [-0.3, -0.25) is 4.79 Å². The summed E-state index contributed by atoms with van der Waals surface area (Å²) in [4.78, 5) is 24.2. The van der Waals surface area contributed by atoms with Crippen molar-refractivity contribution >= 4 is 17.2 Å². The van der Waals surface area contributed by atoms with Crippen molar-refractivity contribution in [3.8, 4) is 0 Å². The van der Waals surface area contributed by atoms with Gasteiger partial charge in [0.05, 0.1) is 10.7 Å². The van der Waals surface area contributed by atoms with Gasteiger partial charge in [0.25, 0.3) is 5.91 Å². The van der Waals surface area contributed by atoms with Gasteiger partial charge >= 0.3 is 0 Å². The second kappa shape index (κ2) is 8.10. The third-order valence-corrected chi connectivity index (χ3v) is 6.53. The number of nitrogens with zero attached hydrogens (tertiary/aromatic N) is 3. The first-order chi connectivity index (χ1) is 13.1. The van der Waals surface area contributed by atoms with Gasteiger partial charge in [0, 0.05) is 43.5 Å². The van der Waals surface area contributed by atoms with Crippen LogP contribution in [0.15, 0.2) is 16.1 Å². The lowest BCUT2D eigenvalue weighted by Crippen LogP contribution is -2.39. The van der Waals surface area contributed by atoms with Crippen molar-refractivity contribution in [1.82, 2.24) is 14.9 Å². The Kier molecular flexibility index (Phi) is 5.59. The van der Waals surface area contributed by atoms with E-state index in [0.29, 0.717) is 30.0 Å². The molecule has 0 spiro atoms. The van der Waals surface area contributed by atoms with Gasteiger partial charge in [0.15, 0.2) is 11.6 Å². The first kappa shape index (κ1) is 18.6. The van der Waals surface area contributed by atoms with Crippen LogP contribution in [0.25, 0.3) is 0 Å². The first-order valence-corrected chi connectivity index (χ1v) is 10.8. The van der Waals surface area contributed by atoms with Gasteiger partial charge < -0.3 is 14.1 Å². The van der Waals surface area contributed by atoms with Crippen LogP contribution in [0.2, 0.25) is 0 Å². The Morgan fingerprint density at radius 3 is 2.78 bits per heavy atom. The molecule has 1 atom stereocenters. The molecule has 146 valence electrons. The van der Waals surface area contributed by atoms with Crippen LogP contribution < -0.4 is 0 Å². The van der Waals surface area contributed by atoms with E-state index in [1.54, 1.807) is 11.3 Å². The van der Waals surface area contributed by atoms with E-state index < -0.39 is 0 Å². The smallest absolute Gasteiger partial charge is 0.275 e. The largest absolute Gasteiger partial charge is 0.448 e. The summed E-state index contributed by atoms with van der Waals surface area (Å²) in [5, 5.41) is 3.30. The molecule has 2 aliphatic rings. The highest BCUT2D eigenvalue weighted by Crippen LogP contribution is 2.32. The van der Waals surface area contributed by atoms with E-state index in [2.05, 4.69) is 24.2 Å². The molecule has 0 N–H and O–H groups in total. The number of aromatic nitrogens is 2. The average molecular weight is 390 g/mol. The number of piperidine rings is 1. The van der Waals surface area contributed by atoms with Crippen molar-refractivity contribution in [3.05, 3.63) is 33.9 Å². The van der Waals surface area contributed by atoms with E-state index in [1.165, 1.54) is 6.26 Å². The number of likely N-dealkylation sites (tertiary alicyclic amines) is 1. The summed E-state index contributed by atoms with van der Waals surface area (Å²) in [7, 11) is 0. The number of ether oxygens (including phenoxy) is 1. The lowest BCUT2D eigenvalue weighted by Gasteiger charge is -2.31. The third-order valence-electron chi connectivity index (χ3n) is 5.50. The van der Waals surface area contributed by atoms with Crippen LogP contribution in [0.3, 0.4) is 0 Å². The molecule has 27 heavy (non-hydrogen) atoms. The van der Waals surface area contributed by atoms with Gasteiger partial charge in [-0.15, -0.1) is 11.3 Å². The van der Waals surface area contributed by atoms with Crippen LogP contribution >= 0.6 is 11.3 Å². The number of hydrogen-bond acceptors (Lipinski definition) is 6. The zero-order valence-electron chi connectivity index (χ0n) is 16.0. The van der Waals surface area contributed by atoms with E-state index in [1.807, 2.05) is 4.90 Å². The monoisotopic (exact) mass is 389 g/mol. The molecule has 0 radical (unpaired) electrons. The van der Waals surface area contributed by atoms with Crippen LogP contribution in [0.5, 0.6) is 0 Å². The van der Waals surface area contributed by atoms with Gasteiger partial charge in [-0.25, -0.2) is 9.97 Å². The van der Waals surface area contributed by atoms with E-state index >= 15 is 0 Å². The van der Waals surface area contributed by atoms with Crippen LogP contribution in [0.4, 0.5) is 0 Å². The molecule has 0 aliphatic carbocycles. The molecule has 0 bridgehead atoms. The molecule has 2 saturated heterocycles. The molecule has 7 heteroatoms. The molecule has 0 saturated carbocycles. The number of oxazole rings is 1. The molecule has 2 aromatic rings. The fourth-order valence-corrected chi connectivity index (χ4v) is 4.91. The van der Waals surface area contributed by atoms with Crippen LogP contribution in [0, 0.1) is 0 Å². The summed E-state index contributed by atoms with van der Waals surface area (Å²) in [5.74, 6) is 1.68. The van der Waals surface area contributed by atoms with Gasteiger partial charge in [0.2, 0.25) is 0 Å². The number of carbonyl (C=O) groups excluding carboxylic acids is 1. The summed E-state index contributed by atoms with van der Waals surface area (Å²) < 4.78 is 11.0. The zero-order valence-corrected chi connectivity index (χ0v) is 16.8. The highest BCUT2D eigenvalue weighted by molar-refractivity contribution is 7.09. The maximum absolute atomic E-state index is 12.9. The number of carbonyl (C=O) groups is 1. The molecular formula is C20H27N3O3S. The number of thiazole rings is 1. The zero-order chi connectivity index (χ0) is 18.8. The fraction of sp³-hybridized carbons (Fsp3) is 0.650. The topological polar surface area (TPSA) is 68.5 Å². The van der Waals surface area contributed by atoms with E-state index in [0.717, 1.165) is 56.1 Å². The Hall–Kier alpha value is -1.73. The highest BCUT2D eigenvalue weighted by Gasteiger charge is 2.30. The Morgan fingerprint density at radius 1 is 1.22 bits per heavy atom. The lowest BCUT2D eigenvalue weighted by atomic mass is 9.98. The standard InChI is InChI=1S/C20H27N3O3S/c1-13(2)17-12-27-19(22-17)15-4-3-7-23(10-15)20(24)16-11-26-18(21-16)14-5-8-25-9-6-14/h11-15H,3-10H2,1-2H3/t15-/m0/s1. The van der Waals surface area contributed by atoms with Crippen LogP contribution in [-0.4, -0.2) is 47.1 Å². The molecule has 0 unspecified atom stereocenters. The molecule has 2 aliphatic heterocycles. The average Bonchev–Trinajstić information content (AvgIpc) is 3.38. The van der Waals surface area contributed by atoms with Crippen LogP contribution in [-0.2, 0) is 4.74 Å². The summed E-state index contributed by atoms with van der Waals surface area (Å²) in [5.41, 5.74) is 1.58. The summed E-state index contributed by atoms with van der Waals surface area (Å²) in [6.07, 6.45) is 5.42. The van der Waals surface area contributed by atoms with E-state index in [-0.39, 0.29) is 11.8 Å². The Labute approximate surface area is 163 Å². The Balaban J connectivity index is 1.43. The second-order valence-corrected chi connectivity index (χ2v) is 8.70. The van der Waals surface area contributed by atoms with Gasteiger partial charge in [0.1, 0.15) is 6.26 Å². The second-order valence-electron chi connectivity index (χ2n) is 7.81. The molecule has 6 nitrogen and oxygen atoms in total. The summed E-state index contributed by atoms with van der Waals surface area (Å²) in [6, 6.07) is 0. The predicted octanol–water partition coefficient (Wildman–Crippen LogP) is 4.17. The van der Waals surface area contributed by atoms with Crippen molar-refractivity contribution in [2.24, 2.45) is 0 Å². The van der Waals surface area contributed by atoms with Gasteiger partial charge in [-0.05, 0) is 31.6 Å². The molecule has 4 heterocycles. The van der Waals surface area contributed by atoms with Crippen molar-refractivity contribution in [1.29, 1.82) is 0 Å². The Morgan fingerprint density at radius 2 is 2.04 bits per heavy atom. The van der Waals surface area contributed by atoms with E-state index in [4.69, 9.17) is 14.1 Å². The Bertz CT molecular complexity index is 779. The minimum atomic E-state index is -0.0256. The van der Waals surface area contributed by atoms with E-state index in [9.17, 15) is 4.79 Å². The molecule has 0 aromatic carbocycles. The van der Waals surface area contributed by atoms with Gasteiger partial charge in [-0.1, -0.05) is 13.8 Å². The number of amides is 1. The number of hydrogen-bond donors (Lipinski definition) is 0. The first-order valence-electron chi connectivity index (χ1n) is 9.89. The molecular weight excluding hydrogens is 362 g/mol. The highest BCUT2D eigenvalue weighted by atomic mass is 32.1. The molecule has 4 rings (SSSR count). The molecule has 2 fully saturated rings. The van der Waals surface area contributed by atoms with Crippen molar-refractivity contribution < 1.29 is 13.9 Å². The van der Waals surface area contributed by atoms with Crippen molar-refractivity contribution in [3.63, 3.8) is 0 Å². The normalized spacial score (nSPS) is 21.7. The number of rotatable bonds is 4. The predicted molar refractivity (Wildman–Crippen MR) is 103 cm³/mol. The minimum absolute atomic E-state index is 0.0256. The fourth-order valence-electron chi connectivity index (χ4n) is 3.80. The van der Waals surface area contributed by atoms with Gasteiger partial charge in [-0.2, -0.15) is 0 Å².